The lowest BCUT2D eigenvalue weighted by Gasteiger charge is -2.15. The Balaban J connectivity index is 2.08. The number of ether oxygens (including phenoxy) is 1. The van der Waals surface area contributed by atoms with Crippen molar-refractivity contribution in [1.82, 2.24) is 0 Å². The molecule has 1 aromatic heterocycles. The molecule has 0 aliphatic carbocycles. The maximum absolute atomic E-state index is 12.7. The van der Waals surface area contributed by atoms with E-state index in [2.05, 4.69) is 0 Å². The van der Waals surface area contributed by atoms with E-state index in [0.717, 1.165) is 6.07 Å². The molecule has 2 aromatic rings. The summed E-state index contributed by atoms with van der Waals surface area (Å²) < 4.78 is 48.0. The zero-order valence-electron chi connectivity index (χ0n) is 9.72. The van der Waals surface area contributed by atoms with Gasteiger partial charge in [-0.1, -0.05) is 12.1 Å². The second kappa shape index (κ2) is 5.36. The van der Waals surface area contributed by atoms with Crippen molar-refractivity contribution in [3.63, 3.8) is 0 Å². The molecule has 0 saturated heterocycles. The van der Waals surface area contributed by atoms with Gasteiger partial charge in [-0.05, 0) is 24.3 Å². The Morgan fingerprint density at radius 3 is 2.53 bits per heavy atom. The number of alkyl halides is 3. The van der Waals surface area contributed by atoms with Crippen LogP contribution in [0, 0.1) is 0 Å². The monoisotopic (exact) mass is 272 g/mol. The van der Waals surface area contributed by atoms with Crippen LogP contribution in [0.5, 0.6) is 5.75 Å². The van der Waals surface area contributed by atoms with Crippen molar-refractivity contribution >= 4 is 0 Å². The van der Waals surface area contributed by atoms with Gasteiger partial charge in [-0.25, -0.2) is 0 Å². The number of furan rings is 1. The van der Waals surface area contributed by atoms with Gasteiger partial charge in [-0.15, -0.1) is 0 Å². The first-order chi connectivity index (χ1) is 8.98. The third-order valence-electron chi connectivity index (χ3n) is 2.46. The van der Waals surface area contributed by atoms with Crippen molar-refractivity contribution in [3.05, 3.63) is 54.0 Å². The van der Waals surface area contributed by atoms with Gasteiger partial charge in [0.05, 0.1) is 11.8 Å². The van der Waals surface area contributed by atoms with Crippen LogP contribution in [-0.2, 0) is 6.18 Å². The van der Waals surface area contributed by atoms with Gasteiger partial charge in [0.2, 0.25) is 0 Å². The molecule has 1 unspecified atom stereocenters. The van der Waals surface area contributed by atoms with Crippen molar-refractivity contribution in [2.75, 3.05) is 6.61 Å². The molecule has 1 aromatic carbocycles. The maximum atomic E-state index is 12.7. The highest BCUT2D eigenvalue weighted by Crippen LogP contribution is 2.36. The summed E-state index contributed by atoms with van der Waals surface area (Å²) in [6.07, 6.45) is -4.25. The molecule has 19 heavy (non-hydrogen) atoms. The second-order valence-electron chi connectivity index (χ2n) is 3.84. The third-order valence-corrected chi connectivity index (χ3v) is 2.46. The molecule has 0 radical (unpaired) electrons. The molecule has 0 amide bonds. The Morgan fingerprint density at radius 1 is 1.16 bits per heavy atom. The molecule has 0 aliphatic heterocycles. The van der Waals surface area contributed by atoms with E-state index in [1.807, 2.05) is 0 Å². The van der Waals surface area contributed by atoms with Crippen molar-refractivity contribution < 1.29 is 27.4 Å². The number of halogens is 3. The van der Waals surface area contributed by atoms with Gasteiger partial charge in [0, 0.05) is 0 Å². The Labute approximate surface area is 107 Å². The molecule has 3 nitrogen and oxygen atoms in total. The van der Waals surface area contributed by atoms with Crippen LogP contribution in [0.3, 0.4) is 0 Å². The van der Waals surface area contributed by atoms with E-state index in [1.165, 1.54) is 30.5 Å². The molecule has 102 valence electrons. The summed E-state index contributed by atoms with van der Waals surface area (Å²) in [6.45, 7) is -0.319. The first-order valence-electron chi connectivity index (χ1n) is 5.49. The lowest BCUT2D eigenvalue weighted by atomic mass is 10.2. The van der Waals surface area contributed by atoms with E-state index in [1.54, 1.807) is 6.07 Å². The highest BCUT2D eigenvalue weighted by molar-refractivity contribution is 5.35. The van der Waals surface area contributed by atoms with E-state index in [9.17, 15) is 18.3 Å². The quantitative estimate of drug-likeness (QED) is 0.927. The van der Waals surface area contributed by atoms with Crippen LogP contribution < -0.4 is 4.74 Å². The van der Waals surface area contributed by atoms with Crippen molar-refractivity contribution in [3.8, 4) is 5.75 Å². The summed E-state index contributed by atoms with van der Waals surface area (Å²) in [5.74, 6) is -0.0786. The van der Waals surface area contributed by atoms with E-state index in [0.29, 0.717) is 0 Å². The summed E-state index contributed by atoms with van der Waals surface area (Å²) in [6, 6.07) is 7.93. The Morgan fingerprint density at radius 2 is 1.89 bits per heavy atom. The summed E-state index contributed by atoms with van der Waals surface area (Å²) in [7, 11) is 0. The number of aliphatic hydroxyl groups excluding tert-OH is 1. The fraction of sp³-hybridized carbons (Fsp3) is 0.231. The van der Waals surface area contributed by atoms with Crippen LogP contribution in [-0.4, -0.2) is 11.7 Å². The van der Waals surface area contributed by atoms with Crippen LogP contribution >= 0.6 is 0 Å². The number of hydrogen-bond donors (Lipinski definition) is 1. The lowest BCUT2D eigenvalue weighted by Crippen LogP contribution is -2.13. The summed E-state index contributed by atoms with van der Waals surface area (Å²) in [4.78, 5) is 0. The van der Waals surface area contributed by atoms with E-state index in [-0.39, 0.29) is 18.1 Å². The molecule has 2 rings (SSSR count). The molecule has 6 heteroatoms. The molecule has 0 fully saturated rings. The zero-order valence-corrected chi connectivity index (χ0v) is 9.72. The Hall–Kier alpha value is -1.95. The molecular formula is C13H11F3O3. The van der Waals surface area contributed by atoms with Gasteiger partial charge in [-0.3, -0.25) is 0 Å². The number of benzene rings is 1. The second-order valence-corrected chi connectivity index (χ2v) is 3.84. The number of aliphatic hydroxyl groups is 1. The number of para-hydroxylation sites is 1. The van der Waals surface area contributed by atoms with Gasteiger partial charge in [0.1, 0.15) is 24.2 Å². The minimum Gasteiger partial charge on any atom is -0.490 e. The predicted octanol–water partition coefficient (Wildman–Crippen LogP) is 3.41. The highest BCUT2D eigenvalue weighted by Gasteiger charge is 2.34. The average molecular weight is 272 g/mol. The number of rotatable bonds is 4. The van der Waals surface area contributed by atoms with Crippen molar-refractivity contribution in [2.24, 2.45) is 0 Å². The van der Waals surface area contributed by atoms with Gasteiger partial charge < -0.3 is 14.3 Å². The fourth-order valence-corrected chi connectivity index (χ4v) is 1.56. The normalized spacial score (nSPS) is 13.3. The van der Waals surface area contributed by atoms with Gasteiger partial charge in [0.25, 0.3) is 0 Å². The van der Waals surface area contributed by atoms with E-state index >= 15 is 0 Å². The summed E-state index contributed by atoms with van der Waals surface area (Å²) in [5.41, 5.74) is -0.873. The highest BCUT2D eigenvalue weighted by atomic mass is 19.4. The fourth-order valence-electron chi connectivity index (χ4n) is 1.56. The minimum absolute atomic E-state index is 0.240. The van der Waals surface area contributed by atoms with Crippen molar-refractivity contribution in [1.29, 1.82) is 0 Å². The third kappa shape index (κ3) is 3.29. The molecule has 0 bridgehead atoms. The molecule has 0 spiro atoms. The molecular weight excluding hydrogens is 261 g/mol. The SMILES string of the molecule is OC(COc1ccccc1C(F)(F)F)c1ccco1. The molecule has 1 atom stereocenters. The first kappa shape index (κ1) is 13.5. The van der Waals surface area contributed by atoms with Gasteiger partial charge >= 0.3 is 6.18 Å². The van der Waals surface area contributed by atoms with Crippen LogP contribution in [0.25, 0.3) is 0 Å². The maximum Gasteiger partial charge on any atom is 0.419 e. The standard InChI is InChI=1S/C13H11F3O3/c14-13(15,16)9-4-1-2-5-11(9)19-8-10(17)12-6-3-7-18-12/h1-7,10,17H,8H2. The Kier molecular flexibility index (Phi) is 3.80. The first-order valence-corrected chi connectivity index (χ1v) is 5.49. The number of hydrogen-bond acceptors (Lipinski definition) is 3. The van der Waals surface area contributed by atoms with Crippen LogP contribution in [0.2, 0.25) is 0 Å². The molecule has 1 N–H and O–H groups in total. The van der Waals surface area contributed by atoms with Crippen LogP contribution in [0.4, 0.5) is 13.2 Å². The van der Waals surface area contributed by atoms with E-state index in [4.69, 9.17) is 9.15 Å². The van der Waals surface area contributed by atoms with E-state index < -0.39 is 17.8 Å². The van der Waals surface area contributed by atoms with Crippen molar-refractivity contribution in [2.45, 2.75) is 12.3 Å². The predicted molar refractivity (Wildman–Crippen MR) is 60.6 cm³/mol. The summed E-state index contributed by atoms with van der Waals surface area (Å²) in [5, 5.41) is 9.66. The smallest absolute Gasteiger partial charge is 0.419 e. The van der Waals surface area contributed by atoms with Gasteiger partial charge in [0.15, 0.2) is 0 Å². The largest absolute Gasteiger partial charge is 0.490 e. The minimum atomic E-state index is -4.49. The molecule has 0 saturated carbocycles. The average Bonchev–Trinajstić information content (AvgIpc) is 2.89. The molecule has 1 heterocycles. The topological polar surface area (TPSA) is 42.6 Å². The Bertz CT molecular complexity index is 520. The van der Waals surface area contributed by atoms with Gasteiger partial charge in [-0.2, -0.15) is 13.2 Å². The van der Waals surface area contributed by atoms with Crippen LogP contribution in [0.15, 0.2) is 47.1 Å². The zero-order chi connectivity index (χ0) is 13.9. The molecule has 0 aliphatic rings. The summed E-state index contributed by atoms with van der Waals surface area (Å²) >= 11 is 0. The lowest BCUT2D eigenvalue weighted by molar-refractivity contribution is -0.139. The van der Waals surface area contributed by atoms with Crippen LogP contribution in [0.1, 0.15) is 17.4 Å².